The van der Waals surface area contributed by atoms with E-state index in [1.54, 1.807) is 13.2 Å². The van der Waals surface area contributed by atoms with E-state index in [2.05, 4.69) is 12.2 Å². The topological polar surface area (TPSA) is 30.5 Å². The molecular formula is C13H19Cl2NO2. The molecule has 0 radical (unpaired) electrons. The third kappa shape index (κ3) is 5.55. The van der Waals surface area contributed by atoms with Crippen molar-refractivity contribution >= 4 is 23.2 Å². The quantitative estimate of drug-likeness (QED) is 0.746. The van der Waals surface area contributed by atoms with E-state index in [-0.39, 0.29) is 6.04 Å². The number of methoxy groups -OCH3 is 1. The minimum absolute atomic E-state index is 0.167. The average Bonchev–Trinajstić information content (AvgIpc) is 2.33. The Morgan fingerprint density at radius 2 is 2.00 bits per heavy atom. The number of ether oxygens (including phenoxy) is 2. The Morgan fingerprint density at radius 3 is 2.67 bits per heavy atom. The van der Waals surface area contributed by atoms with Gasteiger partial charge in [0.05, 0.1) is 19.8 Å². The van der Waals surface area contributed by atoms with Crippen molar-refractivity contribution in [1.29, 1.82) is 0 Å². The zero-order valence-corrected chi connectivity index (χ0v) is 12.2. The van der Waals surface area contributed by atoms with Gasteiger partial charge in [-0.1, -0.05) is 29.3 Å². The Balaban J connectivity index is 2.29. The lowest BCUT2D eigenvalue weighted by Gasteiger charge is -2.16. The molecule has 1 aromatic carbocycles. The van der Waals surface area contributed by atoms with Gasteiger partial charge >= 0.3 is 0 Å². The van der Waals surface area contributed by atoms with Crippen LogP contribution >= 0.6 is 23.2 Å². The van der Waals surface area contributed by atoms with E-state index in [0.29, 0.717) is 29.9 Å². The van der Waals surface area contributed by atoms with Crippen LogP contribution in [-0.4, -0.2) is 33.5 Å². The molecule has 1 N–H and O–H groups in total. The molecule has 0 saturated heterocycles. The summed E-state index contributed by atoms with van der Waals surface area (Å²) < 4.78 is 10.3. The standard InChI is InChI=1S/C13H19Cl2NO2/c1-10(16-5-6-18-8-7-17-2)12-4-3-11(14)9-13(12)15/h3-4,9-10,16H,5-8H2,1-2H3. The van der Waals surface area contributed by atoms with Crippen molar-refractivity contribution in [2.75, 3.05) is 33.5 Å². The Hall–Kier alpha value is -0.320. The zero-order valence-electron chi connectivity index (χ0n) is 10.7. The van der Waals surface area contributed by atoms with Gasteiger partial charge in [-0.2, -0.15) is 0 Å². The van der Waals surface area contributed by atoms with Gasteiger partial charge in [0.15, 0.2) is 0 Å². The normalized spacial score (nSPS) is 12.7. The molecule has 1 unspecified atom stereocenters. The monoisotopic (exact) mass is 291 g/mol. The minimum atomic E-state index is 0.167. The summed E-state index contributed by atoms with van der Waals surface area (Å²) in [5, 5.41) is 4.68. The summed E-state index contributed by atoms with van der Waals surface area (Å²) in [5.74, 6) is 0. The van der Waals surface area contributed by atoms with Gasteiger partial charge in [0.25, 0.3) is 0 Å². The first-order valence-corrected chi connectivity index (χ1v) is 6.65. The Morgan fingerprint density at radius 1 is 1.22 bits per heavy atom. The maximum Gasteiger partial charge on any atom is 0.0700 e. The molecule has 0 amide bonds. The van der Waals surface area contributed by atoms with E-state index >= 15 is 0 Å². The number of hydrogen-bond acceptors (Lipinski definition) is 3. The fourth-order valence-corrected chi connectivity index (χ4v) is 2.13. The Kier molecular flexibility index (Phi) is 7.63. The summed E-state index contributed by atoms with van der Waals surface area (Å²) in [6.45, 7) is 4.72. The number of hydrogen-bond donors (Lipinski definition) is 1. The minimum Gasteiger partial charge on any atom is -0.382 e. The van der Waals surface area contributed by atoms with Crippen LogP contribution in [0.15, 0.2) is 18.2 Å². The fraction of sp³-hybridized carbons (Fsp3) is 0.538. The first kappa shape index (κ1) is 15.7. The average molecular weight is 292 g/mol. The van der Waals surface area contributed by atoms with E-state index in [0.717, 1.165) is 12.1 Å². The van der Waals surface area contributed by atoms with Crippen LogP contribution in [0, 0.1) is 0 Å². The second-order valence-electron chi connectivity index (χ2n) is 3.95. The SMILES string of the molecule is COCCOCCNC(C)c1ccc(Cl)cc1Cl. The highest BCUT2D eigenvalue weighted by atomic mass is 35.5. The second kappa shape index (κ2) is 8.73. The number of rotatable bonds is 8. The van der Waals surface area contributed by atoms with Crippen LogP contribution in [0.1, 0.15) is 18.5 Å². The van der Waals surface area contributed by atoms with E-state index in [9.17, 15) is 0 Å². The maximum atomic E-state index is 6.13. The van der Waals surface area contributed by atoms with Crippen LogP contribution in [-0.2, 0) is 9.47 Å². The van der Waals surface area contributed by atoms with Crippen LogP contribution < -0.4 is 5.32 Å². The van der Waals surface area contributed by atoms with Crippen LogP contribution in [0.4, 0.5) is 0 Å². The molecule has 0 aliphatic carbocycles. The summed E-state index contributed by atoms with van der Waals surface area (Å²) >= 11 is 12.0. The molecule has 0 saturated carbocycles. The van der Waals surface area contributed by atoms with Gasteiger partial charge in [-0.05, 0) is 24.6 Å². The van der Waals surface area contributed by atoms with E-state index in [4.69, 9.17) is 32.7 Å². The van der Waals surface area contributed by atoms with Crippen LogP contribution in [0.3, 0.4) is 0 Å². The molecule has 0 spiro atoms. The largest absolute Gasteiger partial charge is 0.382 e. The molecule has 0 aromatic heterocycles. The first-order valence-electron chi connectivity index (χ1n) is 5.90. The smallest absolute Gasteiger partial charge is 0.0700 e. The van der Waals surface area contributed by atoms with Gasteiger partial charge in [0.2, 0.25) is 0 Å². The molecule has 5 heteroatoms. The number of nitrogens with one attached hydrogen (secondary N) is 1. The van der Waals surface area contributed by atoms with Crippen molar-refractivity contribution in [3.63, 3.8) is 0 Å². The number of benzene rings is 1. The van der Waals surface area contributed by atoms with Gasteiger partial charge < -0.3 is 14.8 Å². The zero-order chi connectivity index (χ0) is 13.4. The van der Waals surface area contributed by atoms with Crippen molar-refractivity contribution in [1.82, 2.24) is 5.32 Å². The molecule has 0 aliphatic heterocycles. The van der Waals surface area contributed by atoms with Crippen LogP contribution in [0.25, 0.3) is 0 Å². The van der Waals surface area contributed by atoms with Gasteiger partial charge in [-0.15, -0.1) is 0 Å². The Bertz CT molecular complexity index is 361. The molecule has 1 rings (SSSR count). The summed E-state index contributed by atoms with van der Waals surface area (Å²) in [6, 6.07) is 5.70. The molecule has 0 fully saturated rings. The van der Waals surface area contributed by atoms with Crippen molar-refractivity contribution in [3.8, 4) is 0 Å². The van der Waals surface area contributed by atoms with Crippen molar-refractivity contribution in [2.45, 2.75) is 13.0 Å². The lowest BCUT2D eigenvalue weighted by molar-refractivity contribution is 0.0712. The third-order valence-electron chi connectivity index (χ3n) is 2.56. The predicted molar refractivity (Wildman–Crippen MR) is 75.6 cm³/mol. The summed E-state index contributed by atoms with van der Waals surface area (Å²) in [7, 11) is 1.66. The number of halogens is 2. The lowest BCUT2D eigenvalue weighted by atomic mass is 10.1. The van der Waals surface area contributed by atoms with Crippen molar-refractivity contribution in [2.24, 2.45) is 0 Å². The van der Waals surface area contributed by atoms with Crippen LogP contribution in [0.2, 0.25) is 10.0 Å². The van der Waals surface area contributed by atoms with Crippen molar-refractivity contribution in [3.05, 3.63) is 33.8 Å². The molecule has 3 nitrogen and oxygen atoms in total. The molecule has 1 aromatic rings. The summed E-state index contributed by atoms with van der Waals surface area (Å²) in [5.41, 5.74) is 1.04. The molecular weight excluding hydrogens is 273 g/mol. The Labute approximate surface area is 118 Å². The van der Waals surface area contributed by atoms with Gasteiger partial charge in [-0.25, -0.2) is 0 Å². The highest BCUT2D eigenvalue weighted by Gasteiger charge is 2.08. The molecule has 1 atom stereocenters. The molecule has 102 valence electrons. The maximum absolute atomic E-state index is 6.13. The molecule has 0 aliphatic rings. The highest BCUT2D eigenvalue weighted by Crippen LogP contribution is 2.25. The van der Waals surface area contributed by atoms with Gasteiger partial charge in [0, 0.05) is 29.7 Å². The second-order valence-corrected chi connectivity index (χ2v) is 4.79. The van der Waals surface area contributed by atoms with Gasteiger partial charge in [-0.3, -0.25) is 0 Å². The molecule has 0 heterocycles. The predicted octanol–water partition coefficient (Wildman–Crippen LogP) is 3.31. The van der Waals surface area contributed by atoms with E-state index in [1.807, 2.05) is 12.1 Å². The molecule has 18 heavy (non-hydrogen) atoms. The molecule has 0 bridgehead atoms. The summed E-state index contributed by atoms with van der Waals surface area (Å²) in [6.07, 6.45) is 0. The third-order valence-corrected chi connectivity index (χ3v) is 3.12. The van der Waals surface area contributed by atoms with E-state index < -0.39 is 0 Å². The fourth-order valence-electron chi connectivity index (χ4n) is 1.55. The van der Waals surface area contributed by atoms with E-state index in [1.165, 1.54) is 0 Å². The highest BCUT2D eigenvalue weighted by molar-refractivity contribution is 6.35. The summed E-state index contributed by atoms with van der Waals surface area (Å²) in [4.78, 5) is 0. The van der Waals surface area contributed by atoms with Crippen LogP contribution in [0.5, 0.6) is 0 Å². The first-order chi connectivity index (χ1) is 8.65. The van der Waals surface area contributed by atoms with Gasteiger partial charge in [0.1, 0.15) is 0 Å². The lowest BCUT2D eigenvalue weighted by Crippen LogP contribution is -2.24. The van der Waals surface area contributed by atoms with Crippen molar-refractivity contribution < 1.29 is 9.47 Å².